The average Bonchev–Trinajstić information content (AvgIpc) is 2.36. The third kappa shape index (κ3) is 8.09. The molecular formula is C15H18F3NO4S. The number of carbonyl (C=O) groups is 2. The largest absolute Gasteiger partial charge is 0.480 e. The first-order valence-electron chi connectivity index (χ1n) is 6.93. The first-order valence-corrected chi connectivity index (χ1v) is 7.74. The molecule has 0 fully saturated rings. The van der Waals surface area contributed by atoms with E-state index in [1.807, 2.05) is 0 Å². The molecule has 134 valence electrons. The second kappa shape index (κ2) is 7.78. The van der Waals surface area contributed by atoms with E-state index in [-0.39, 0.29) is 23.1 Å². The van der Waals surface area contributed by atoms with Crippen LogP contribution in [-0.4, -0.2) is 34.3 Å². The van der Waals surface area contributed by atoms with E-state index >= 15 is 0 Å². The maximum absolute atomic E-state index is 12.3. The van der Waals surface area contributed by atoms with Crippen LogP contribution in [0, 0.1) is 0 Å². The summed E-state index contributed by atoms with van der Waals surface area (Å²) in [6.45, 7) is 4.91. The number of hydrogen-bond donors (Lipinski definition) is 2. The van der Waals surface area contributed by atoms with E-state index in [2.05, 4.69) is 5.32 Å². The monoisotopic (exact) mass is 365 g/mol. The highest BCUT2D eigenvalue weighted by atomic mass is 32.2. The van der Waals surface area contributed by atoms with Crippen LogP contribution >= 0.6 is 11.8 Å². The summed E-state index contributed by atoms with van der Waals surface area (Å²) in [7, 11) is 0. The van der Waals surface area contributed by atoms with Gasteiger partial charge in [0, 0.05) is 11.3 Å². The third-order valence-corrected chi connectivity index (χ3v) is 3.33. The molecule has 0 saturated heterocycles. The third-order valence-electron chi connectivity index (χ3n) is 2.59. The van der Waals surface area contributed by atoms with Crippen molar-refractivity contribution >= 4 is 23.8 Å². The summed E-state index contributed by atoms with van der Waals surface area (Å²) in [4.78, 5) is 22.9. The number of hydrogen-bond acceptors (Lipinski definition) is 4. The predicted molar refractivity (Wildman–Crippen MR) is 82.9 cm³/mol. The molecule has 0 heterocycles. The standard InChI is InChI=1S/C15H18F3NO4S/c1-14(2,3)23-13(22)19-11(12(20)21)8-9-4-6-10(7-5-9)24-15(16,17)18/h4-7,11H,8H2,1-3H3,(H,19,22)(H,20,21). The number of thioether (sulfide) groups is 1. The fourth-order valence-electron chi connectivity index (χ4n) is 1.71. The number of carbonyl (C=O) groups excluding carboxylic acids is 1. The van der Waals surface area contributed by atoms with Crippen LogP contribution in [0.5, 0.6) is 0 Å². The molecule has 0 bridgehead atoms. The molecule has 5 nitrogen and oxygen atoms in total. The molecule has 1 unspecified atom stereocenters. The lowest BCUT2D eigenvalue weighted by molar-refractivity contribution is -0.139. The quantitative estimate of drug-likeness (QED) is 0.776. The van der Waals surface area contributed by atoms with Crippen LogP contribution in [-0.2, 0) is 16.0 Å². The second-order valence-electron chi connectivity index (χ2n) is 5.93. The smallest absolute Gasteiger partial charge is 0.446 e. The maximum Gasteiger partial charge on any atom is 0.446 e. The summed E-state index contributed by atoms with van der Waals surface area (Å²) >= 11 is -0.254. The predicted octanol–water partition coefficient (Wildman–Crippen LogP) is 3.82. The molecule has 0 aliphatic carbocycles. The number of ether oxygens (including phenoxy) is 1. The Kier molecular flexibility index (Phi) is 6.53. The molecule has 1 rings (SSSR count). The van der Waals surface area contributed by atoms with Gasteiger partial charge in [-0.25, -0.2) is 9.59 Å². The lowest BCUT2D eigenvalue weighted by atomic mass is 10.1. The number of halogens is 3. The molecule has 24 heavy (non-hydrogen) atoms. The van der Waals surface area contributed by atoms with Gasteiger partial charge >= 0.3 is 17.6 Å². The molecule has 0 aromatic heterocycles. The van der Waals surface area contributed by atoms with Crippen molar-refractivity contribution in [2.75, 3.05) is 0 Å². The number of amides is 1. The first kappa shape index (κ1) is 20.1. The first-order chi connectivity index (χ1) is 10.9. The summed E-state index contributed by atoms with van der Waals surface area (Å²) in [6, 6.07) is 4.03. The van der Waals surface area contributed by atoms with Crippen LogP contribution in [0.2, 0.25) is 0 Å². The van der Waals surface area contributed by atoms with Crippen molar-refractivity contribution in [2.45, 2.75) is 49.2 Å². The van der Waals surface area contributed by atoms with Crippen molar-refractivity contribution in [2.24, 2.45) is 0 Å². The van der Waals surface area contributed by atoms with E-state index in [1.165, 1.54) is 24.3 Å². The molecule has 0 radical (unpaired) electrons. The number of benzene rings is 1. The van der Waals surface area contributed by atoms with Gasteiger partial charge in [-0.1, -0.05) is 12.1 Å². The summed E-state index contributed by atoms with van der Waals surface area (Å²) in [6.07, 6.45) is -0.954. The maximum atomic E-state index is 12.3. The van der Waals surface area contributed by atoms with E-state index in [0.29, 0.717) is 5.56 Å². The molecule has 2 N–H and O–H groups in total. The molecule has 9 heteroatoms. The van der Waals surface area contributed by atoms with Crippen LogP contribution in [0.4, 0.5) is 18.0 Å². The minimum Gasteiger partial charge on any atom is -0.480 e. The zero-order valence-electron chi connectivity index (χ0n) is 13.3. The fourth-order valence-corrected chi connectivity index (χ4v) is 2.25. The molecule has 0 aliphatic heterocycles. The molecule has 1 amide bonds. The van der Waals surface area contributed by atoms with Crippen molar-refractivity contribution in [3.05, 3.63) is 29.8 Å². The van der Waals surface area contributed by atoms with Crippen LogP contribution in [0.25, 0.3) is 0 Å². The number of aliphatic carboxylic acids is 1. The molecule has 0 aliphatic rings. The molecule has 1 aromatic rings. The minimum absolute atomic E-state index is 0.00164. The summed E-state index contributed by atoms with van der Waals surface area (Å²) < 4.78 is 41.8. The van der Waals surface area contributed by atoms with Crippen LogP contribution in [0.15, 0.2) is 29.2 Å². The molecule has 0 saturated carbocycles. The highest BCUT2D eigenvalue weighted by molar-refractivity contribution is 8.00. The zero-order valence-corrected chi connectivity index (χ0v) is 14.1. The Labute approximate surface area is 141 Å². The highest BCUT2D eigenvalue weighted by Crippen LogP contribution is 2.36. The van der Waals surface area contributed by atoms with E-state index in [9.17, 15) is 22.8 Å². The Bertz CT molecular complexity index is 582. The van der Waals surface area contributed by atoms with Crippen molar-refractivity contribution < 1.29 is 32.6 Å². The Morgan fingerprint density at radius 1 is 1.21 bits per heavy atom. The van der Waals surface area contributed by atoms with E-state index in [0.717, 1.165) is 0 Å². The van der Waals surface area contributed by atoms with Crippen molar-refractivity contribution in [1.29, 1.82) is 0 Å². The zero-order chi connectivity index (χ0) is 18.5. The number of nitrogens with one attached hydrogen (secondary N) is 1. The summed E-state index contributed by atoms with van der Waals surface area (Å²) in [5.41, 5.74) is -4.68. The molecule has 0 spiro atoms. The van der Waals surface area contributed by atoms with Gasteiger partial charge in [0.05, 0.1) is 0 Å². The Morgan fingerprint density at radius 3 is 2.17 bits per heavy atom. The van der Waals surface area contributed by atoms with Crippen molar-refractivity contribution in [1.82, 2.24) is 5.32 Å². The average molecular weight is 365 g/mol. The Morgan fingerprint density at radius 2 is 1.75 bits per heavy atom. The molecule has 1 aromatic carbocycles. The van der Waals surface area contributed by atoms with Gasteiger partial charge in [0.15, 0.2) is 0 Å². The topological polar surface area (TPSA) is 75.6 Å². The number of rotatable bonds is 5. The van der Waals surface area contributed by atoms with Gasteiger partial charge < -0.3 is 15.2 Å². The van der Waals surface area contributed by atoms with Crippen LogP contribution < -0.4 is 5.32 Å². The summed E-state index contributed by atoms with van der Waals surface area (Å²) in [5, 5.41) is 11.4. The van der Waals surface area contributed by atoms with Gasteiger partial charge in [0.25, 0.3) is 0 Å². The summed E-state index contributed by atoms with van der Waals surface area (Å²) in [5.74, 6) is -1.27. The van der Waals surface area contributed by atoms with Gasteiger partial charge in [0.2, 0.25) is 0 Å². The highest BCUT2D eigenvalue weighted by Gasteiger charge is 2.29. The van der Waals surface area contributed by atoms with E-state index in [1.54, 1.807) is 20.8 Å². The van der Waals surface area contributed by atoms with Gasteiger partial charge in [-0.15, -0.1) is 0 Å². The number of alkyl carbamates (subject to hydrolysis) is 1. The van der Waals surface area contributed by atoms with Gasteiger partial charge in [0.1, 0.15) is 11.6 Å². The number of alkyl halides is 3. The lowest BCUT2D eigenvalue weighted by Gasteiger charge is -2.22. The van der Waals surface area contributed by atoms with Gasteiger partial charge in [-0.3, -0.25) is 0 Å². The number of carboxylic acid groups (broad SMARTS) is 1. The molecular weight excluding hydrogens is 347 g/mol. The SMILES string of the molecule is CC(C)(C)OC(=O)NC(Cc1ccc(SC(F)(F)F)cc1)C(=O)O. The normalized spacial score (nSPS) is 13.2. The van der Waals surface area contributed by atoms with Gasteiger partial charge in [-0.05, 0) is 50.2 Å². The van der Waals surface area contributed by atoms with E-state index < -0.39 is 29.2 Å². The minimum atomic E-state index is -4.39. The van der Waals surface area contributed by atoms with Crippen LogP contribution in [0.1, 0.15) is 26.3 Å². The Hall–Kier alpha value is -1.90. The molecule has 1 atom stereocenters. The van der Waals surface area contributed by atoms with Crippen molar-refractivity contribution in [3.63, 3.8) is 0 Å². The number of carboxylic acids is 1. The van der Waals surface area contributed by atoms with Crippen molar-refractivity contribution in [3.8, 4) is 0 Å². The van der Waals surface area contributed by atoms with Crippen LogP contribution in [0.3, 0.4) is 0 Å². The lowest BCUT2D eigenvalue weighted by Crippen LogP contribution is -2.44. The van der Waals surface area contributed by atoms with E-state index in [4.69, 9.17) is 9.84 Å². The Balaban J connectivity index is 2.72. The van der Waals surface area contributed by atoms with Gasteiger partial charge in [-0.2, -0.15) is 13.2 Å². The second-order valence-corrected chi connectivity index (χ2v) is 7.07. The fraction of sp³-hybridized carbons (Fsp3) is 0.467.